The minimum absolute atomic E-state index is 0.0656. The van der Waals surface area contributed by atoms with Crippen LogP contribution >= 0.6 is 0 Å². The van der Waals surface area contributed by atoms with E-state index in [0.717, 1.165) is 42.6 Å². The second-order valence-electron chi connectivity index (χ2n) is 8.58. The Morgan fingerprint density at radius 3 is 2.67 bits per heavy atom. The van der Waals surface area contributed by atoms with Crippen LogP contribution in [0.2, 0.25) is 0 Å². The van der Waals surface area contributed by atoms with E-state index in [9.17, 15) is 9.59 Å². The summed E-state index contributed by atoms with van der Waals surface area (Å²) in [6, 6.07) is 11.1. The van der Waals surface area contributed by atoms with Gasteiger partial charge in [0.05, 0.1) is 0 Å². The van der Waals surface area contributed by atoms with Gasteiger partial charge >= 0.3 is 0 Å². The molecule has 1 aromatic carbocycles. The van der Waals surface area contributed by atoms with Crippen LogP contribution in [0.25, 0.3) is 5.65 Å². The van der Waals surface area contributed by atoms with E-state index in [1.54, 1.807) is 18.3 Å². The largest absolute Gasteiger partial charge is 0.490 e. The summed E-state index contributed by atoms with van der Waals surface area (Å²) in [5.41, 5.74) is 2.43. The van der Waals surface area contributed by atoms with Crippen LogP contribution in [0.15, 0.2) is 55.0 Å². The Kier molecular flexibility index (Phi) is 6.26. The number of rotatable bonds is 6. The molecule has 0 bridgehead atoms. The number of carbonyl (C=O) groups excluding carboxylic acids is 2. The number of nitrogens with one attached hydrogen (secondary N) is 1. The first-order valence-electron chi connectivity index (χ1n) is 11.5. The number of fused-ring (bicyclic) bond motifs is 1. The van der Waals surface area contributed by atoms with Crippen molar-refractivity contribution in [3.63, 3.8) is 0 Å². The lowest BCUT2D eigenvalue weighted by Crippen LogP contribution is -2.45. The minimum atomic E-state index is -0.255. The molecule has 2 aromatic heterocycles. The molecule has 1 atom stereocenters. The first-order valence-corrected chi connectivity index (χ1v) is 11.5. The summed E-state index contributed by atoms with van der Waals surface area (Å²) in [5.74, 6) is 0.719. The average molecular weight is 449 g/mol. The van der Waals surface area contributed by atoms with Crippen LogP contribution in [0.3, 0.4) is 0 Å². The monoisotopic (exact) mass is 448 g/mol. The number of amides is 2. The van der Waals surface area contributed by atoms with Gasteiger partial charge in [-0.3, -0.25) is 9.59 Å². The Labute approximate surface area is 192 Å². The van der Waals surface area contributed by atoms with Crippen molar-refractivity contribution in [2.75, 3.05) is 19.7 Å². The summed E-state index contributed by atoms with van der Waals surface area (Å²) in [5, 5.41) is 2.95. The molecule has 172 valence electrons. The fourth-order valence-corrected chi connectivity index (χ4v) is 4.39. The van der Waals surface area contributed by atoms with Crippen LogP contribution in [0.4, 0.5) is 0 Å². The molecular formula is C25H28N4O4. The van der Waals surface area contributed by atoms with Crippen LogP contribution < -0.4 is 10.1 Å². The quantitative estimate of drug-likeness (QED) is 0.627. The van der Waals surface area contributed by atoms with E-state index in [4.69, 9.17) is 9.47 Å². The van der Waals surface area contributed by atoms with E-state index < -0.39 is 0 Å². The van der Waals surface area contributed by atoms with Crippen LogP contribution in [0, 0.1) is 0 Å². The Balaban J connectivity index is 1.09. The first kappa shape index (κ1) is 21.5. The zero-order valence-electron chi connectivity index (χ0n) is 18.5. The molecule has 0 aliphatic carbocycles. The molecule has 2 aliphatic heterocycles. The molecule has 0 saturated carbocycles. The number of imidazole rings is 1. The Morgan fingerprint density at radius 2 is 1.91 bits per heavy atom. The molecule has 33 heavy (non-hydrogen) atoms. The van der Waals surface area contributed by atoms with Crippen molar-refractivity contribution >= 4 is 17.5 Å². The number of ether oxygens (including phenoxy) is 2. The lowest BCUT2D eigenvalue weighted by Gasteiger charge is -2.33. The number of pyridine rings is 1. The predicted octanol–water partition coefficient (Wildman–Crippen LogP) is 2.81. The third-order valence-corrected chi connectivity index (χ3v) is 6.29. The SMILES string of the molecule is O=C(NCc1ccn2ccnc2c1)c1ccc(OC2CCN(C(=O)[C@H]3CCCO3)CC2)cc1. The molecule has 0 spiro atoms. The van der Waals surface area contributed by atoms with Crippen molar-refractivity contribution in [1.82, 2.24) is 19.6 Å². The van der Waals surface area contributed by atoms with E-state index >= 15 is 0 Å². The maximum Gasteiger partial charge on any atom is 0.251 e. The van der Waals surface area contributed by atoms with Crippen LogP contribution in [0.1, 0.15) is 41.6 Å². The fraction of sp³-hybridized carbons (Fsp3) is 0.400. The van der Waals surface area contributed by atoms with Gasteiger partial charge in [0.25, 0.3) is 11.8 Å². The van der Waals surface area contributed by atoms with Gasteiger partial charge in [-0.1, -0.05) is 0 Å². The van der Waals surface area contributed by atoms with Crippen molar-refractivity contribution in [3.05, 3.63) is 66.1 Å². The van der Waals surface area contributed by atoms with Gasteiger partial charge in [0.2, 0.25) is 0 Å². The zero-order valence-corrected chi connectivity index (χ0v) is 18.5. The molecule has 8 nitrogen and oxygen atoms in total. The van der Waals surface area contributed by atoms with Crippen LogP contribution in [-0.2, 0) is 16.1 Å². The average Bonchev–Trinajstić information content (AvgIpc) is 3.55. The third kappa shape index (κ3) is 5.01. The molecule has 0 unspecified atom stereocenters. The lowest BCUT2D eigenvalue weighted by molar-refractivity contribution is -0.142. The number of benzene rings is 1. The second-order valence-corrected chi connectivity index (χ2v) is 8.58. The molecule has 0 radical (unpaired) electrons. The number of hydrogen-bond donors (Lipinski definition) is 1. The first-order chi connectivity index (χ1) is 16.2. The maximum absolute atomic E-state index is 12.5. The number of hydrogen-bond acceptors (Lipinski definition) is 5. The molecule has 5 rings (SSSR count). The van der Waals surface area contributed by atoms with E-state index in [1.807, 2.05) is 46.0 Å². The lowest BCUT2D eigenvalue weighted by atomic mass is 10.1. The van der Waals surface area contributed by atoms with Crippen molar-refractivity contribution in [1.29, 1.82) is 0 Å². The smallest absolute Gasteiger partial charge is 0.251 e. The number of aromatic nitrogens is 2. The number of nitrogens with zero attached hydrogens (tertiary/aromatic N) is 3. The number of likely N-dealkylation sites (tertiary alicyclic amines) is 1. The van der Waals surface area contributed by atoms with Crippen LogP contribution in [0.5, 0.6) is 5.75 Å². The zero-order chi connectivity index (χ0) is 22.6. The molecular weight excluding hydrogens is 420 g/mol. The molecule has 2 amide bonds. The van der Waals surface area contributed by atoms with Gasteiger partial charge in [0.1, 0.15) is 23.6 Å². The van der Waals surface area contributed by atoms with Gasteiger partial charge in [-0.05, 0) is 54.8 Å². The van der Waals surface area contributed by atoms with Gasteiger partial charge in [-0.25, -0.2) is 4.98 Å². The fourth-order valence-electron chi connectivity index (χ4n) is 4.39. The Bertz CT molecular complexity index is 1110. The van der Waals surface area contributed by atoms with Gasteiger partial charge in [-0.2, -0.15) is 0 Å². The minimum Gasteiger partial charge on any atom is -0.490 e. The highest BCUT2D eigenvalue weighted by atomic mass is 16.5. The van der Waals surface area contributed by atoms with E-state index in [2.05, 4.69) is 10.3 Å². The molecule has 2 fully saturated rings. The summed E-state index contributed by atoms with van der Waals surface area (Å²) in [6.07, 6.45) is 8.75. The van der Waals surface area contributed by atoms with Crippen molar-refractivity contribution in [2.45, 2.75) is 44.4 Å². The molecule has 1 N–H and O–H groups in total. The van der Waals surface area contributed by atoms with Crippen molar-refractivity contribution < 1.29 is 19.1 Å². The molecule has 8 heteroatoms. The normalized spacial score (nSPS) is 19.0. The molecule has 4 heterocycles. The number of piperidine rings is 1. The summed E-state index contributed by atoms with van der Waals surface area (Å²) in [7, 11) is 0. The molecule has 3 aromatic rings. The number of carbonyl (C=O) groups is 2. The maximum atomic E-state index is 12.5. The van der Waals surface area contributed by atoms with Crippen molar-refractivity contribution in [3.8, 4) is 5.75 Å². The summed E-state index contributed by atoms with van der Waals surface area (Å²) in [4.78, 5) is 31.2. The summed E-state index contributed by atoms with van der Waals surface area (Å²) in [6.45, 7) is 2.50. The molecule has 2 saturated heterocycles. The van der Waals surface area contributed by atoms with Crippen molar-refractivity contribution in [2.24, 2.45) is 0 Å². The second kappa shape index (κ2) is 9.62. The van der Waals surface area contributed by atoms with Gasteiger partial charge in [0, 0.05) is 63.2 Å². The highest BCUT2D eigenvalue weighted by molar-refractivity contribution is 5.94. The highest BCUT2D eigenvalue weighted by Crippen LogP contribution is 2.22. The standard InChI is InChI=1S/C25H28N4O4/c30-24(27-17-18-7-11-28-14-10-26-23(28)16-18)19-3-5-20(6-4-19)33-21-8-12-29(13-9-21)25(31)22-2-1-15-32-22/h3-7,10-11,14,16,21-22H,1-2,8-9,12-13,15,17H2,(H,27,30)/t22-/m1/s1. The highest BCUT2D eigenvalue weighted by Gasteiger charge is 2.31. The van der Waals surface area contributed by atoms with E-state index in [-0.39, 0.29) is 24.0 Å². The molecule has 2 aliphatic rings. The summed E-state index contributed by atoms with van der Waals surface area (Å²) < 4.78 is 13.5. The van der Waals surface area contributed by atoms with Crippen LogP contribution in [-0.4, -0.2) is 58.0 Å². The predicted molar refractivity (Wildman–Crippen MR) is 122 cm³/mol. The summed E-state index contributed by atoms with van der Waals surface area (Å²) >= 11 is 0. The van der Waals surface area contributed by atoms with Gasteiger partial charge in [-0.15, -0.1) is 0 Å². The van der Waals surface area contributed by atoms with Gasteiger partial charge in [0.15, 0.2) is 0 Å². The Hall–Kier alpha value is -3.39. The van der Waals surface area contributed by atoms with E-state index in [1.165, 1.54) is 0 Å². The topological polar surface area (TPSA) is 85.2 Å². The Morgan fingerprint density at radius 1 is 1.09 bits per heavy atom. The van der Waals surface area contributed by atoms with E-state index in [0.29, 0.717) is 31.8 Å². The van der Waals surface area contributed by atoms with Gasteiger partial charge < -0.3 is 24.1 Å². The third-order valence-electron chi connectivity index (χ3n) is 6.29.